The van der Waals surface area contributed by atoms with Gasteiger partial charge in [-0.3, -0.25) is 0 Å². The van der Waals surface area contributed by atoms with Crippen LogP contribution >= 0.6 is 0 Å². The van der Waals surface area contributed by atoms with E-state index in [0.29, 0.717) is 28.4 Å². The molecule has 7 nitrogen and oxygen atoms in total. The number of carboxylic acid groups (broad SMARTS) is 1. The van der Waals surface area contributed by atoms with E-state index >= 15 is 0 Å². The molecule has 0 radical (unpaired) electrons. The van der Waals surface area contributed by atoms with E-state index in [1.165, 1.54) is 18.4 Å². The fourth-order valence-corrected chi connectivity index (χ4v) is 5.22. The molecule has 1 unspecified atom stereocenters. The highest BCUT2D eigenvalue weighted by Crippen LogP contribution is 2.40. The topological polar surface area (TPSA) is 109 Å². The van der Waals surface area contributed by atoms with Crippen LogP contribution in [0.3, 0.4) is 0 Å². The summed E-state index contributed by atoms with van der Waals surface area (Å²) in [6.45, 7) is 3.58. The van der Waals surface area contributed by atoms with Crippen LogP contribution in [0.2, 0.25) is 0 Å². The van der Waals surface area contributed by atoms with Crippen molar-refractivity contribution in [1.82, 2.24) is 5.32 Å². The second kappa shape index (κ2) is 11.1. The summed E-state index contributed by atoms with van der Waals surface area (Å²) in [6.07, 6.45) is 4.76. The molecule has 4 rings (SSSR count). The van der Waals surface area contributed by atoms with E-state index in [-0.39, 0.29) is 24.4 Å². The Morgan fingerprint density at radius 1 is 1.03 bits per heavy atom. The van der Waals surface area contributed by atoms with E-state index in [9.17, 15) is 20.0 Å². The van der Waals surface area contributed by atoms with Gasteiger partial charge >= 0.3 is 11.9 Å². The Morgan fingerprint density at radius 2 is 1.75 bits per heavy atom. The average Bonchev–Trinajstić information content (AvgIpc) is 3.41. The fraction of sp³-hybridized carbons (Fsp3) is 0.345. The Hall–Kier alpha value is -4.05. The van der Waals surface area contributed by atoms with Gasteiger partial charge in [-0.05, 0) is 61.9 Å². The van der Waals surface area contributed by atoms with Gasteiger partial charge in [0.15, 0.2) is 0 Å². The van der Waals surface area contributed by atoms with Crippen molar-refractivity contribution in [3.05, 3.63) is 87.8 Å². The zero-order valence-electron chi connectivity index (χ0n) is 20.5. The van der Waals surface area contributed by atoms with Crippen molar-refractivity contribution in [2.75, 3.05) is 13.2 Å². The first-order valence-electron chi connectivity index (χ1n) is 12.2. The second-order valence-corrected chi connectivity index (χ2v) is 9.18. The third-order valence-electron chi connectivity index (χ3n) is 6.85. The number of esters is 1. The van der Waals surface area contributed by atoms with E-state index in [1.807, 2.05) is 18.2 Å². The summed E-state index contributed by atoms with van der Waals surface area (Å²) in [4.78, 5) is 25.4. The van der Waals surface area contributed by atoms with Gasteiger partial charge in [-0.25, -0.2) is 9.59 Å². The Balaban J connectivity index is 1.50. The number of nitrogens with zero attached hydrogens (tertiary/aromatic N) is 1. The predicted molar refractivity (Wildman–Crippen MR) is 134 cm³/mol. The molecule has 0 saturated heterocycles. The molecule has 2 aromatic rings. The maximum absolute atomic E-state index is 13.3. The van der Waals surface area contributed by atoms with Crippen LogP contribution in [0.5, 0.6) is 5.75 Å². The Morgan fingerprint density at radius 3 is 2.47 bits per heavy atom. The zero-order valence-corrected chi connectivity index (χ0v) is 20.5. The lowest BCUT2D eigenvalue weighted by atomic mass is 9.80. The molecule has 0 spiro atoms. The van der Waals surface area contributed by atoms with Crippen LogP contribution in [0, 0.1) is 11.3 Å². The normalized spacial score (nSPS) is 18.0. The number of dihydropyridines is 1. The lowest BCUT2D eigenvalue weighted by Crippen LogP contribution is -2.32. The molecule has 1 saturated carbocycles. The van der Waals surface area contributed by atoms with Gasteiger partial charge in [0, 0.05) is 11.4 Å². The van der Waals surface area contributed by atoms with E-state index in [1.54, 1.807) is 38.1 Å². The van der Waals surface area contributed by atoms with Gasteiger partial charge in [-0.1, -0.05) is 43.2 Å². The van der Waals surface area contributed by atoms with Crippen LogP contribution < -0.4 is 10.1 Å². The second-order valence-electron chi connectivity index (χ2n) is 9.18. The minimum absolute atomic E-state index is 0.0185. The SMILES string of the molecule is CC1=C(C(=O)O)C(c2cccc(C#N)c2)C(C(=O)OCCOc2ccccc2C2CCCC2)=C(C)N1. The minimum atomic E-state index is -1.14. The average molecular weight is 487 g/mol. The zero-order chi connectivity index (χ0) is 25.7. The first-order chi connectivity index (χ1) is 17.4. The predicted octanol–water partition coefficient (Wildman–Crippen LogP) is 5.16. The van der Waals surface area contributed by atoms with Gasteiger partial charge in [0.25, 0.3) is 0 Å². The molecule has 2 aliphatic rings. The van der Waals surface area contributed by atoms with Crippen molar-refractivity contribution in [2.24, 2.45) is 0 Å². The molecule has 0 aromatic heterocycles. The summed E-state index contributed by atoms with van der Waals surface area (Å²) < 4.78 is 11.6. The lowest BCUT2D eigenvalue weighted by molar-refractivity contribution is -0.140. The Labute approximate surface area is 211 Å². The molecule has 186 valence electrons. The van der Waals surface area contributed by atoms with Crippen LogP contribution in [0.1, 0.15) is 68.1 Å². The van der Waals surface area contributed by atoms with Gasteiger partial charge in [0.2, 0.25) is 0 Å². The van der Waals surface area contributed by atoms with E-state index in [4.69, 9.17) is 9.47 Å². The van der Waals surface area contributed by atoms with Crippen LogP contribution in [-0.4, -0.2) is 30.3 Å². The minimum Gasteiger partial charge on any atom is -0.490 e. The van der Waals surface area contributed by atoms with Gasteiger partial charge < -0.3 is 19.9 Å². The number of nitriles is 1. The standard InChI is InChI=1S/C29H30N2O5/c1-18-25(28(32)33)27(22-11-7-8-20(16-22)17-30)26(19(2)31-18)29(34)36-15-14-35-24-13-6-5-12-23(24)21-9-3-4-10-21/h5-8,11-13,16,21,27,31H,3-4,9-10,14-15H2,1-2H3,(H,32,33). The van der Waals surface area contributed by atoms with Crippen molar-refractivity contribution in [2.45, 2.75) is 51.4 Å². The fourth-order valence-electron chi connectivity index (χ4n) is 5.22. The molecule has 1 heterocycles. The largest absolute Gasteiger partial charge is 0.490 e. The monoisotopic (exact) mass is 486 g/mol. The molecule has 0 amide bonds. The number of hydrogen-bond donors (Lipinski definition) is 2. The lowest BCUT2D eigenvalue weighted by Gasteiger charge is -2.29. The number of hydrogen-bond acceptors (Lipinski definition) is 6. The first kappa shape index (κ1) is 25.1. The van der Waals surface area contributed by atoms with Gasteiger partial charge in [-0.2, -0.15) is 5.26 Å². The molecule has 1 aliphatic carbocycles. The van der Waals surface area contributed by atoms with Crippen molar-refractivity contribution >= 4 is 11.9 Å². The summed E-state index contributed by atoms with van der Waals surface area (Å²) in [5.41, 5.74) is 3.33. The highest BCUT2D eigenvalue weighted by atomic mass is 16.6. The number of benzene rings is 2. The van der Waals surface area contributed by atoms with Crippen LogP contribution in [0.25, 0.3) is 0 Å². The van der Waals surface area contributed by atoms with Crippen molar-refractivity contribution < 1.29 is 24.2 Å². The molecule has 36 heavy (non-hydrogen) atoms. The maximum Gasteiger partial charge on any atom is 0.336 e. The number of aliphatic carboxylic acids is 1. The summed E-state index contributed by atoms with van der Waals surface area (Å²) in [5, 5.41) is 22.3. The first-order valence-corrected chi connectivity index (χ1v) is 12.2. The molecule has 1 aliphatic heterocycles. The molecule has 2 N–H and O–H groups in total. The molecule has 1 fully saturated rings. The van der Waals surface area contributed by atoms with Crippen LogP contribution in [-0.2, 0) is 14.3 Å². The molecule has 2 aromatic carbocycles. The number of ether oxygens (including phenoxy) is 2. The van der Waals surface area contributed by atoms with Gasteiger partial charge in [0.1, 0.15) is 19.0 Å². The number of allylic oxidation sites excluding steroid dienone is 2. The molecular weight excluding hydrogens is 456 g/mol. The summed E-state index contributed by atoms with van der Waals surface area (Å²) >= 11 is 0. The third kappa shape index (κ3) is 5.28. The van der Waals surface area contributed by atoms with E-state index in [0.717, 1.165) is 18.6 Å². The summed E-state index contributed by atoms with van der Waals surface area (Å²) in [7, 11) is 0. The summed E-state index contributed by atoms with van der Waals surface area (Å²) in [5.74, 6) is -1.32. The Kier molecular flexibility index (Phi) is 7.74. The van der Waals surface area contributed by atoms with Crippen molar-refractivity contribution in [3.8, 4) is 11.8 Å². The van der Waals surface area contributed by atoms with Crippen molar-refractivity contribution in [3.63, 3.8) is 0 Å². The maximum atomic E-state index is 13.3. The number of carboxylic acids is 1. The van der Waals surface area contributed by atoms with Crippen molar-refractivity contribution in [1.29, 1.82) is 5.26 Å². The summed E-state index contributed by atoms with van der Waals surface area (Å²) in [6, 6.07) is 16.7. The quantitative estimate of drug-likeness (QED) is 0.392. The van der Waals surface area contributed by atoms with Gasteiger partial charge in [0.05, 0.1) is 28.7 Å². The Bertz CT molecular complexity index is 1260. The number of carbonyl (C=O) groups is 2. The number of nitrogens with one attached hydrogen (secondary N) is 1. The number of rotatable bonds is 8. The number of carbonyl (C=O) groups excluding carboxylic acids is 1. The van der Waals surface area contributed by atoms with E-state index < -0.39 is 17.9 Å². The van der Waals surface area contributed by atoms with Gasteiger partial charge in [-0.15, -0.1) is 0 Å². The number of para-hydroxylation sites is 1. The molecule has 1 atom stereocenters. The molecule has 0 bridgehead atoms. The highest BCUT2D eigenvalue weighted by Gasteiger charge is 2.37. The smallest absolute Gasteiger partial charge is 0.336 e. The molecule has 7 heteroatoms. The van der Waals surface area contributed by atoms with E-state index in [2.05, 4.69) is 17.5 Å². The molecular formula is C29H30N2O5. The third-order valence-corrected chi connectivity index (χ3v) is 6.85. The highest BCUT2D eigenvalue weighted by molar-refractivity contribution is 5.99. The van der Waals surface area contributed by atoms with Crippen LogP contribution in [0.4, 0.5) is 0 Å². The van der Waals surface area contributed by atoms with Crippen LogP contribution in [0.15, 0.2) is 71.1 Å².